The summed E-state index contributed by atoms with van der Waals surface area (Å²) < 4.78 is 29.3. The zero-order chi connectivity index (χ0) is 19.1. The normalized spacial score (nSPS) is 14.4. The van der Waals surface area contributed by atoms with Crippen LogP contribution in [0.2, 0.25) is 0 Å². The molecule has 2 aromatic carbocycles. The number of sulfonamides is 1. The fourth-order valence-electron chi connectivity index (χ4n) is 2.94. The standard InChI is InChI=1S/C20H18N2O3S2/c1-20(23,18-12-15-6-2-3-9-16(15)26-18)13-22-27(24,25)17-10-4-7-14-8-5-11-21-19(14)17/h2-12,22-23H,13H2,1H3. The maximum Gasteiger partial charge on any atom is 0.242 e. The fourth-order valence-corrected chi connectivity index (χ4v) is 5.36. The first-order valence-corrected chi connectivity index (χ1v) is 10.7. The summed E-state index contributed by atoms with van der Waals surface area (Å²) in [6.45, 7) is 1.48. The van der Waals surface area contributed by atoms with Gasteiger partial charge in [-0.1, -0.05) is 36.4 Å². The van der Waals surface area contributed by atoms with Crippen LogP contribution < -0.4 is 4.72 Å². The van der Waals surface area contributed by atoms with E-state index in [-0.39, 0.29) is 11.4 Å². The Labute approximate surface area is 161 Å². The molecule has 1 atom stereocenters. The van der Waals surface area contributed by atoms with Gasteiger partial charge in [-0.15, -0.1) is 11.3 Å². The zero-order valence-electron chi connectivity index (χ0n) is 14.6. The summed E-state index contributed by atoms with van der Waals surface area (Å²) in [6, 6.07) is 18.3. The number of fused-ring (bicyclic) bond motifs is 2. The van der Waals surface area contributed by atoms with Crippen molar-refractivity contribution in [2.75, 3.05) is 6.54 Å². The molecule has 0 amide bonds. The number of para-hydroxylation sites is 1. The lowest BCUT2D eigenvalue weighted by molar-refractivity contribution is 0.0667. The van der Waals surface area contributed by atoms with Crippen molar-refractivity contribution in [2.45, 2.75) is 17.4 Å². The highest BCUT2D eigenvalue weighted by Crippen LogP contribution is 2.33. The van der Waals surface area contributed by atoms with Gasteiger partial charge >= 0.3 is 0 Å². The predicted octanol–water partition coefficient (Wildman–Crippen LogP) is 3.64. The number of pyridine rings is 1. The zero-order valence-corrected chi connectivity index (χ0v) is 16.2. The largest absolute Gasteiger partial charge is 0.383 e. The minimum atomic E-state index is -3.83. The van der Waals surface area contributed by atoms with Gasteiger partial charge in [0.1, 0.15) is 10.5 Å². The maximum atomic E-state index is 12.8. The lowest BCUT2D eigenvalue weighted by atomic mass is 10.1. The molecule has 0 bridgehead atoms. The molecule has 5 nitrogen and oxygen atoms in total. The number of hydrogen-bond donors (Lipinski definition) is 2. The molecule has 0 aliphatic rings. The van der Waals surface area contributed by atoms with Gasteiger partial charge in [0.2, 0.25) is 10.0 Å². The summed E-state index contributed by atoms with van der Waals surface area (Å²) in [5, 5.41) is 12.7. The van der Waals surface area contributed by atoms with Crippen LogP contribution >= 0.6 is 11.3 Å². The molecule has 0 fully saturated rings. The van der Waals surface area contributed by atoms with Crippen molar-refractivity contribution in [3.8, 4) is 0 Å². The molecule has 0 saturated heterocycles. The summed E-state index contributed by atoms with van der Waals surface area (Å²) >= 11 is 1.46. The number of nitrogens with zero attached hydrogens (tertiary/aromatic N) is 1. The smallest absolute Gasteiger partial charge is 0.242 e. The van der Waals surface area contributed by atoms with E-state index in [1.807, 2.05) is 42.5 Å². The Balaban J connectivity index is 1.62. The SMILES string of the molecule is CC(O)(CNS(=O)(=O)c1cccc2cccnc12)c1cc2ccccc2s1. The highest BCUT2D eigenvalue weighted by molar-refractivity contribution is 7.89. The number of rotatable bonds is 5. The van der Waals surface area contributed by atoms with E-state index in [4.69, 9.17) is 0 Å². The molecule has 27 heavy (non-hydrogen) atoms. The van der Waals surface area contributed by atoms with Gasteiger partial charge in [-0.3, -0.25) is 4.98 Å². The Hall–Kier alpha value is -2.32. The Kier molecular flexibility index (Phi) is 4.47. The lowest BCUT2D eigenvalue weighted by Gasteiger charge is -2.22. The minimum absolute atomic E-state index is 0.104. The maximum absolute atomic E-state index is 12.8. The Morgan fingerprint density at radius 3 is 2.63 bits per heavy atom. The summed E-state index contributed by atoms with van der Waals surface area (Å²) in [5.41, 5.74) is -0.914. The van der Waals surface area contributed by atoms with Crippen molar-refractivity contribution >= 4 is 42.3 Å². The van der Waals surface area contributed by atoms with Gasteiger partial charge in [-0.25, -0.2) is 13.1 Å². The van der Waals surface area contributed by atoms with E-state index in [9.17, 15) is 13.5 Å². The van der Waals surface area contributed by atoms with Crippen LogP contribution in [-0.2, 0) is 15.6 Å². The fraction of sp³-hybridized carbons (Fsp3) is 0.150. The van der Waals surface area contributed by atoms with E-state index in [1.54, 1.807) is 25.3 Å². The third-order valence-electron chi connectivity index (χ3n) is 4.45. The number of hydrogen-bond acceptors (Lipinski definition) is 5. The van der Waals surface area contributed by atoms with Crippen LogP contribution in [0, 0.1) is 0 Å². The van der Waals surface area contributed by atoms with Crippen LogP contribution in [0.5, 0.6) is 0 Å². The average molecular weight is 399 g/mol. The molecule has 0 aliphatic carbocycles. The molecule has 138 valence electrons. The molecular weight excluding hydrogens is 380 g/mol. The molecule has 7 heteroatoms. The first kappa shape index (κ1) is 18.1. The van der Waals surface area contributed by atoms with Crippen molar-refractivity contribution in [3.63, 3.8) is 0 Å². The van der Waals surface area contributed by atoms with Crippen molar-refractivity contribution in [2.24, 2.45) is 0 Å². The number of benzene rings is 2. The van der Waals surface area contributed by atoms with Crippen LogP contribution in [0.4, 0.5) is 0 Å². The number of thiophene rings is 1. The molecule has 4 rings (SSSR count). The Bertz CT molecular complexity index is 1190. The monoisotopic (exact) mass is 398 g/mol. The van der Waals surface area contributed by atoms with Crippen LogP contribution in [0.1, 0.15) is 11.8 Å². The number of aliphatic hydroxyl groups is 1. The second-order valence-corrected chi connectivity index (χ2v) is 9.40. The van der Waals surface area contributed by atoms with Crippen molar-refractivity contribution in [1.82, 2.24) is 9.71 Å². The van der Waals surface area contributed by atoms with Gasteiger partial charge < -0.3 is 5.11 Å². The molecule has 0 radical (unpaired) electrons. The topological polar surface area (TPSA) is 79.3 Å². The highest BCUT2D eigenvalue weighted by Gasteiger charge is 2.29. The van der Waals surface area contributed by atoms with Crippen LogP contribution in [0.25, 0.3) is 21.0 Å². The van der Waals surface area contributed by atoms with Crippen LogP contribution in [-0.4, -0.2) is 25.1 Å². The van der Waals surface area contributed by atoms with E-state index in [0.29, 0.717) is 10.4 Å². The van der Waals surface area contributed by atoms with Gasteiger partial charge in [0.25, 0.3) is 0 Å². The second kappa shape index (κ2) is 6.69. The summed E-state index contributed by atoms with van der Waals surface area (Å²) in [6.07, 6.45) is 1.56. The summed E-state index contributed by atoms with van der Waals surface area (Å²) in [7, 11) is -3.83. The predicted molar refractivity (Wildman–Crippen MR) is 108 cm³/mol. The minimum Gasteiger partial charge on any atom is -0.383 e. The van der Waals surface area contributed by atoms with E-state index in [1.165, 1.54) is 17.4 Å². The van der Waals surface area contributed by atoms with E-state index < -0.39 is 15.6 Å². The molecule has 0 saturated carbocycles. The molecule has 2 heterocycles. The van der Waals surface area contributed by atoms with E-state index >= 15 is 0 Å². The third kappa shape index (κ3) is 3.46. The van der Waals surface area contributed by atoms with E-state index in [2.05, 4.69) is 9.71 Å². The molecule has 1 unspecified atom stereocenters. The Morgan fingerprint density at radius 1 is 1.07 bits per heavy atom. The highest BCUT2D eigenvalue weighted by atomic mass is 32.2. The quantitative estimate of drug-likeness (QED) is 0.538. The summed E-state index contributed by atoms with van der Waals surface area (Å²) in [4.78, 5) is 5.01. The van der Waals surface area contributed by atoms with Gasteiger partial charge in [0.05, 0.1) is 5.52 Å². The molecule has 0 spiro atoms. The number of aromatic nitrogens is 1. The number of nitrogens with one attached hydrogen (secondary N) is 1. The summed E-state index contributed by atoms with van der Waals surface area (Å²) in [5.74, 6) is 0. The molecule has 4 aromatic rings. The van der Waals surface area contributed by atoms with Gasteiger partial charge in [-0.05, 0) is 36.6 Å². The molecule has 0 aliphatic heterocycles. The van der Waals surface area contributed by atoms with Gasteiger partial charge in [0.15, 0.2) is 0 Å². The van der Waals surface area contributed by atoms with Crippen LogP contribution in [0.15, 0.2) is 71.8 Å². The molecule has 2 aromatic heterocycles. The van der Waals surface area contributed by atoms with Crippen molar-refractivity contribution < 1.29 is 13.5 Å². The first-order valence-electron chi connectivity index (χ1n) is 8.42. The van der Waals surface area contributed by atoms with Crippen molar-refractivity contribution in [3.05, 3.63) is 71.7 Å². The second-order valence-electron chi connectivity index (χ2n) is 6.58. The van der Waals surface area contributed by atoms with Crippen molar-refractivity contribution in [1.29, 1.82) is 0 Å². The van der Waals surface area contributed by atoms with Gasteiger partial charge in [-0.2, -0.15) is 0 Å². The lowest BCUT2D eigenvalue weighted by Crippen LogP contribution is -2.38. The Morgan fingerprint density at radius 2 is 1.81 bits per heavy atom. The van der Waals surface area contributed by atoms with E-state index in [0.717, 1.165) is 15.5 Å². The van der Waals surface area contributed by atoms with Gasteiger partial charge in [0, 0.05) is 27.7 Å². The average Bonchev–Trinajstić information content (AvgIpc) is 3.11. The van der Waals surface area contributed by atoms with Crippen LogP contribution in [0.3, 0.4) is 0 Å². The third-order valence-corrected chi connectivity index (χ3v) is 7.25. The molecule has 2 N–H and O–H groups in total. The molecular formula is C20H18N2O3S2. The first-order chi connectivity index (χ1) is 12.9.